The molecule has 0 radical (unpaired) electrons. The van der Waals surface area contributed by atoms with Gasteiger partial charge < -0.3 is 19.2 Å². The lowest BCUT2D eigenvalue weighted by molar-refractivity contribution is -0.134. The third-order valence-corrected chi connectivity index (χ3v) is 5.02. The second-order valence-corrected chi connectivity index (χ2v) is 7.55. The molecule has 0 fully saturated rings. The summed E-state index contributed by atoms with van der Waals surface area (Å²) in [5.74, 6) is 0.0578. The fourth-order valence-electron chi connectivity index (χ4n) is 3.29. The quantitative estimate of drug-likeness (QED) is 0.172. The second kappa shape index (κ2) is 11.0. The van der Waals surface area contributed by atoms with E-state index in [9.17, 15) is 14.4 Å². The minimum atomic E-state index is -0.764. The number of ether oxygens (including phenoxy) is 2. The Labute approximate surface area is 195 Å². The van der Waals surface area contributed by atoms with E-state index >= 15 is 0 Å². The first-order valence-corrected chi connectivity index (χ1v) is 10.9. The van der Waals surface area contributed by atoms with Gasteiger partial charge in [0.05, 0.1) is 6.61 Å². The Morgan fingerprint density at radius 3 is 2.35 bits per heavy atom. The predicted octanol–water partition coefficient (Wildman–Crippen LogP) is 4.49. The molecule has 0 aliphatic rings. The van der Waals surface area contributed by atoms with Crippen LogP contribution in [-0.4, -0.2) is 18.5 Å². The minimum Gasteiger partial charge on any atom is -0.494 e. The van der Waals surface area contributed by atoms with Gasteiger partial charge in [0.15, 0.2) is 0 Å². The number of benzene rings is 3. The fraction of sp³-hybridized carbons (Fsp3) is 0.148. The number of esters is 1. The van der Waals surface area contributed by atoms with Crippen LogP contribution in [0.3, 0.4) is 0 Å². The van der Waals surface area contributed by atoms with Crippen molar-refractivity contribution in [2.24, 2.45) is 0 Å². The number of amides is 1. The van der Waals surface area contributed by atoms with E-state index in [1.54, 1.807) is 12.1 Å². The van der Waals surface area contributed by atoms with E-state index in [1.807, 2.05) is 60.7 Å². The average Bonchev–Trinajstić information content (AvgIpc) is 2.86. The number of fused-ring (bicyclic) bond motifs is 1. The van der Waals surface area contributed by atoms with Crippen molar-refractivity contribution in [3.05, 3.63) is 106 Å². The van der Waals surface area contributed by atoms with Crippen molar-refractivity contribution < 1.29 is 23.5 Å². The Bertz CT molecular complexity index is 1330. The first-order valence-electron chi connectivity index (χ1n) is 10.9. The van der Waals surface area contributed by atoms with E-state index in [2.05, 4.69) is 5.32 Å². The zero-order valence-electron chi connectivity index (χ0n) is 18.4. The molecule has 0 saturated carbocycles. The molecular weight excluding hydrogens is 434 g/mol. The second-order valence-electron chi connectivity index (χ2n) is 7.55. The molecule has 0 unspecified atom stereocenters. The van der Waals surface area contributed by atoms with Crippen molar-refractivity contribution in [2.45, 2.75) is 19.4 Å². The van der Waals surface area contributed by atoms with Gasteiger partial charge in [-0.15, -0.1) is 0 Å². The highest BCUT2D eigenvalue weighted by atomic mass is 16.5. The first-order chi connectivity index (χ1) is 16.6. The molecule has 0 aliphatic heterocycles. The van der Waals surface area contributed by atoms with Crippen LogP contribution in [0.2, 0.25) is 0 Å². The molecule has 0 aliphatic carbocycles. The third-order valence-electron chi connectivity index (χ3n) is 5.02. The van der Waals surface area contributed by atoms with Crippen LogP contribution < -0.4 is 20.4 Å². The predicted molar refractivity (Wildman–Crippen MR) is 127 cm³/mol. The third kappa shape index (κ3) is 6.10. The Morgan fingerprint density at radius 1 is 0.853 bits per heavy atom. The number of nitrogens with one attached hydrogen (secondary N) is 1. The van der Waals surface area contributed by atoms with Gasteiger partial charge >= 0.3 is 11.6 Å². The van der Waals surface area contributed by atoms with E-state index in [-0.39, 0.29) is 23.3 Å². The maximum atomic E-state index is 12.5. The number of carbonyl (C=O) groups excluding carboxylic acids is 2. The molecule has 34 heavy (non-hydrogen) atoms. The number of rotatable bonds is 9. The molecule has 7 nitrogen and oxygen atoms in total. The molecule has 3 aromatic carbocycles. The van der Waals surface area contributed by atoms with Crippen molar-refractivity contribution in [3.8, 4) is 11.5 Å². The van der Waals surface area contributed by atoms with Crippen LogP contribution in [0.25, 0.3) is 11.0 Å². The highest BCUT2D eigenvalue weighted by Crippen LogP contribution is 2.21. The van der Waals surface area contributed by atoms with E-state index in [4.69, 9.17) is 13.9 Å². The molecule has 0 atom stereocenters. The normalized spacial score (nSPS) is 10.6. The molecule has 0 saturated heterocycles. The lowest BCUT2D eigenvalue weighted by Gasteiger charge is -2.08. The van der Waals surface area contributed by atoms with Crippen LogP contribution >= 0.6 is 0 Å². The van der Waals surface area contributed by atoms with Gasteiger partial charge in [-0.3, -0.25) is 9.59 Å². The highest BCUT2D eigenvalue weighted by Gasteiger charge is 2.15. The highest BCUT2D eigenvalue weighted by molar-refractivity contribution is 5.96. The maximum Gasteiger partial charge on any atom is 0.349 e. The lowest BCUT2D eigenvalue weighted by Crippen LogP contribution is -2.27. The summed E-state index contributed by atoms with van der Waals surface area (Å²) in [5, 5.41) is 3.26. The largest absolute Gasteiger partial charge is 0.494 e. The van der Waals surface area contributed by atoms with E-state index in [1.165, 1.54) is 12.1 Å². The van der Waals surface area contributed by atoms with Gasteiger partial charge in [-0.2, -0.15) is 0 Å². The summed E-state index contributed by atoms with van der Waals surface area (Å²) in [5.41, 5.74) is 0.285. The summed E-state index contributed by atoms with van der Waals surface area (Å²) in [7, 11) is 0. The van der Waals surface area contributed by atoms with Crippen LogP contribution in [0, 0.1) is 0 Å². The smallest absolute Gasteiger partial charge is 0.349 e. The number of hydrogen-bond acceptors (Lipinski definition) is 6. The Kier molecular flexibility index (Phi) is 7.35. The van der Waals surface area contributed by atoms with Crippen LogP contribution in [-0.2, 0) is 11.3 Å². The molecule has 4 aromatic rings. The minimum absolute atomic E-state index is 0.0911. The Balaban J connectivity index is 1.33. The molecule has 1 heterocycles. The summed E-state index contributed by atoms with van der Waals surface area (Å²) in [6.45, 7) is 0.684. The van der Waals surface area contributed by atoms with Crippen molar-refractivity contribution >= 4 is 22.8 Å². The van der Waals surface area contributed by atoms with Gasteiger partial charge in [0.1, 0.15) is 22.6 Å². The lowest BCUT2D eigenvalue weighted by atomic mass is 10.1. The van der Waals surface area contributed by atoms with Crippen LogP contribution in [0.5, 0.6) is 11.5 Å². The van der Waals surface area contributed by atoms with E-state index in [0.29, 0.717) is 25.0 Å². The van der Waals surface area contributed by atoms with Crippen molar-refractivity contribution in [2.75, 3.05) is 6.61 Å². The number of para-hydroxylation sites is 1. The van der Waals surface area contributed by atoms with Gasteiger partial charge in [-0.05, 0) is 42.3 Å². The Hall–Kier alpha value is -4.39. The van der Waals surface area contributed by atoms with Crippen molar-refractivity contribution in [1.82, 2.24) is 5.32 Å². The van der Waals surface area contributed by atoms with Gasteiger partial charge in [0.25, 0.3) is 5.91 Å². The topological polar surface area (TPSA) is 94.8 Å². The molecule has 1 amide bonds. The van der Waals surface area contributed by atoms with Crippen LogP contribution in [0.4, 0.5) is 0 Å². The molecule has 0 bridgehead atoms. The zero-order valence-corrected chi connectivity index (χ0v) is 18.4. The van der Waals surface area contributed by atoms with E-state index in [0.717, 1.165) is 11.3 Å². The summed E-state index contributed by atoms with van der Waals surface area (Å²) in [4.78, 5) is 37.0. The summed E-state index contributed by atoms with van der Waals surface area (Å²) in [6, 6.07) is 24.9. The van der Waals surface area contributed by atoms with Crippen LogP contribution in [0.1, 0.15) is 28.8 Å². The number of hydrogen-bond donors (Lipinski definition) is 1. The van der Waals surface area contributed by atoms with Gasteiger partial charge in [-0.25, -0.2) is 4.79 Å². The summed E-state index contributed by atoms with van der Waals surface area (Å²) < 4.78 is 16.2. The summed E-state index contributed by atoms with van der Waals surface area (Å²) in [6.07, 6.45) is 0.674. The molecule has 1 N–H and O–H groups in total. The first kappa shape index (κ1) is 22.8. The average molecular weight is 457 g/mol. The fourth-order valence-corrected chi connectivity index (χ4v) is 3.29. The molecule has 4 rings (SSSR count). The zero-order chi connectivity index (χ0) is 23.8. The van der Waals surface area contributed by atoms with Crippen LogP contribution in [0.15, 0.2) is 94.1 Å². The SMILES string of the molecule is O=C(CCCOc1ccccc1)Oc1ccc2cc(C(=O)NCc3ccccc3)c(=O)oc2c1. The number of carbonyl (C=O) groups is 2. The Morgan fingerprint density at radius 2 is 1.59 bits per heavy atom. The van der Waals surface area contributed by atoms with Gasteiger partial charge in [-0.1, -0.05) is 48.5 Å². The van der Waals surface area contributed by atoms with Gasteiger partial charge in [0, 0.05) is 24.4 Å². The summed E-state index contributed by atoms with van der Waals surface area (Å²) >= 11 is 0. The van der Waals surface area contributed by atoms with Crippen molar-refractivity contribution in [1.29, 1.82) is 0 Å². The monoisotopic (exact) mass is 457 g/mol. The molecule has 1 aromatic heterocycles. The van der Waals surface area contributed by atoms with Gasteiger partial charge in [0.2, 0.25) is 0 Å². The molecule has 7 heteroatoms. The van der Waals surface area contributed by atoms with Crippen molar-refractivity contribution in [3.63, 3.8) is 0 Å². The van der Waals surface area contributed by atoms with E-state index < -0.39 is 17.5 Å². The maximum absolute atomic E-state index is 12.5. The standard InChI is InChI=1S/C27H23NO6/c29-25(12-7-15-32-21-10-5-2-6-11-21)33-22-14-13-20-16-23(27(31)34-24(20)17-22)26(30)28-18-19-8-3-1-4-9-19/h1-6,8-11,13-14,16-17H,7,12,15,18H2,(H,28,30). The molecule has 0 spiro atoms. The molecular formula is C27H23NO6. The molecule has 172 valence electrons.